The minimum absolute atomic E-state index is 0.0507. The summed E-state index contributed by atoms with van der Waals surface area (Å²) in [5.41, 5.74) is 5.24. The number of alkyl carbamates (subject to hydrolysis) is 1. The molecule has 86 valence electrons. The molecule has 0 bridgehead atoms. The number of nitrogens with one attached hydrogen (secondary N) is 1. The molecule has 6 heteroatoms. The van der Waals surface area contributed by atoms with Crippen molar-refractivity contribution in [2.24, 2.45) is 5.73 Å². The van der Waals surface area contributed by atoms with Crippen molar-refractivity contribution in [1.29, 1.82) is 0 Å². The number of carbonyl (C=O) groups excluding carboxylic acids is 1. The summed E-state index contributed by atoms with van der Waals surface area (Å²) in [4.78, 5) is 21.7. The van der Waals surface area contributed by atoms with Gasteiger partial charge in [-0.15, -0.1) is 0 Å². The first kappa shape index (κ1) is 13.4. The second-order valence-corrected chi connectivity index (χ2v) is 2.85. The Morgan fingerprint density at radius 2 is 2.27 bits per heavy atom. The summed E-state index contributed by atoms with van der Waals surface area (Å²) in [6.45, 7) is 3.79. The van der Waals surface area contributed by atoms with E-state index in [9.17, 15) is 9.59 Å². The highest BCUT2D eigenvalue weighted by atomic mass is 16.5. The highest BCUT2D eigenvalue weighted by Gasteiger charge is 2.19. The number of rotatable bonds is 7. The van der Waals surface area contributed by atoms with Crippen LogP contribution in [-0.2, 0) is 9.53 Å². The first-order chi connectivity index (χ1) is 7.11. The molecule has 0 rings (SSSR count). The zero-order valence-corrected chi connectivity index (χ0v) is 8.44. The van der Waals surface area contributed by atoms with Crippen LogP contribution in [0, 0.1) is 0 Å². The number of carboxylic acids is 1. The molecular formula is C9H16N2O4. The number of aliphatic carboxylic acids is 1. The summed E-state index contributed by atoms with van der Waals surface area (Å²) in [6, 6.07) is -0.953. The zero-order chi connectivity index (χ0) is 11.7. The molecule has 0 radical (unpaired) electrons. The molecule has 0 heterocycles. The molecule has 0 fully saturated rings. The summed E-state index contributed by atoms with van der Waals surface area (Å²) in [5, 5.41) is 11.0. The predicted molar refractivity (Wildman–Crippen MR) is 54.4 cm³/mol. The van der Waals surface area contributed by atoms with E-state index in [0.717, 1.165) is 0 Å². The van der Waals surface area contributed by atoms with Crippen molar-refractivity contribution in [2.75, 3.05) is 13.2 Å². The van der Waals surface area contributed by atoms with E-state index in [2.05, 4.69) is 16.6 Å². The molecule has 1 amide bonds. The lowest BCUT2D eigenvalue weighted by Crippen LogP contribution is -2.41. The Bertz CT molecular complexity index is 230. The van der Waals surface area contributed by atoms with E-state index in [1.54, 1.807) is 0 Å². The van der Waals surface area contributed by atoms with Gasteiger partial charge in [-0.25, -0.2) is 9.59 Å². The molecule has 0 aromatic heterocycles. The SMILES string of the molecule is C=CCOC(=O)N[C@H](CCCN)C(=O)O. The fourth-order valence-electron chi connectivity index (χ4n) is 0.898. The summed E-state index contributed by atoms with van der Waals surface area (Å²) in [5.74, 6) is -1.10. The molecule has 0 aromatic carbocycles. The van der Waals surface area contributed by atoms with E-state index in [1.807, 2.05) is 0 Å². The van der Waals surface area contributed by atoms with Crippen LogP contribution in [0.25, 0.3) is 0 Å². The monoisotopic (exact) mass is 216 g/mol. The van der Waals surface area contributed by atoms with Crippen LogP contribution in [0.15, 0.2) is 12.7 Å². The summed E-state index contributed by atoms with van der Waals surface area (Å²) in [7, 11) is 0. The number of carbonyl (C=O) groups is 2. The molecule has 0 aromatic rings. The second-order valence-electron chi connectivity index (χ2n) is 2.85. The number of carboxylic acid groups (broad SMARTS) is 1. The van der Waals surface area contributed by atoms with Crippen molar-refractivity contribution in [3.05, 3.63) is 12.7 Å². The van der Waals surface area contributed by atoms with Gasteiger partial charge in [0.05, 0.1) is 0 Å². The Morgan fingerprint density at radius 3 is 2.73 bits per heavy atom. The lowest BCUT2D eigenvalue weighted by Gasteiger charge is -2.13. The van der Waals surface area contributed by atoms with Gasteiger partial charge >= 0.3 is 12.1 Å². The summed E-state index contributed by atoms with van der Waals surface area (Å²) < 4.78 is 4.59. The van der Waals surface area contributed by atoms with E-state index >= 15 is 0 Å². The standard InChI is InChI=1S/C9H16N2O4/c1-2-6-15-9(14)11-7(8(12)13)4-3-5-10/h2,7H,1,3-6,10H2,(H,11,14)(H,12,13)/t7-/m1/s1. The Morgan fingerprint density at radius 1 is 1.60 bits per heavy atom. The minimum atomic E-state index is -1.10. The van der Waals surface area contributed by atoms with Gasteiger partial charge in [0, 0.05) is 0 Å². The minimum Gasteiger partial charge on any atom is -0.480 e. The van der Waals surface area contributed by atoms with E-state index in [1.165, 1.54) is 6.08 Å². The van der Waals surface area contributed by atoms with E-state index < -0.39 is 18.1 Å². The molecule has 4 N–H and O–H groups in total. The van der Waals surface area contributed by atoms with Crippen molar-refractivity contribution in [1.82, 2.24) is 5.32 Å². The largest absolute Gasteiger partial charge is 0.480 e. The maximum absolute atomic E-state index is 11.0. The molecule has 1 atom stereocenters. The van der Waals surface area contributed by atoms with Gasteiger partial charge in [0.1, 0.15) is 12.6 Å². The van der Waals surface area contributed by atoms with Crippen LogP contribution in [0.5, 0.6) is 0 Å². The maximum atomic E-state index is 11.0. The highest BCUT2D eigenvalue weighted by molar-refractivity contribution is 5.79. The maximum Gasteiger partial charge on any atom is 0.408 e. The van der Waals surface area contributed by atoms with Crippen LogP contribution < -0.4 is 11.1 Å². The van der Waals surface area contributed by atoms with Gasteiger partial charge < -0.3 is 20.9 Å². The number of amides is 1. The summed E-state index contributed by atoms with van der Waals surface area (Å²) >= 11 is 0. The predicted octanol–water partition coefficient (Wildman–Crippen LogP) is 0.0907. The molecular weight excluding hydrogens is 200 g/mol. The van der Waals surface area contributed by atoms with Crippen LogP contribution in [0.3, 0.4) is 0 Å². The smallest absolute Gasteiger partial charge is 0.408 e. The van der Waals surface area contributed by atoms with Gasteiger partial charge in [0.2, 0.25) is 0 Å². The first-order valence-electron chi connectivity index (χ1n) is 4.58. The molecule has 0 aliphatic heterocycles. The zero-order valence-electron chi connectivity index (χ0n) is 8.44. The fraction of sp³-hybridized carbons (Fsp3) is 0.556. The third kappa shape index (κ3) is 6.50. The molecule has 0 unspecified atom stereocenters. The third-order valence-corrected chi connectivity index (χ3v) is 1.62. The van der Waals surface area contributed by atoms with Gasteiger partial charge in [-0.2, -0.15) is 0 Å². The van der Waals surface area contributed by atoms with E-state index in [0.29, 0.717) is 13.0 Å². The normalized spacial score (nSPS) is 11.5. The van der Waals surface area contributed by atoms with Gasteiger partial charge in [-0.05, 0) is 19.4 Å². The van der Waals surface area contributed by atoms with Crippen molar-refractivity contribution in [3.63, 3.8) is 0 Å². The number of nitrogens with two attached hydrogens (primary N) is 1. The molecule has 0 saturated carbocycles. The van der Waals surface area contributed by atoms with Gasteiger partial charge in [-0.1, -0.05) is 12.7 Å². The first-order valence-corrected chi connectivity index (χ1v) is 4.58. The van der Waals surface area contributed by atoms with Gasteiger partial charge in [0.15, 0.2) is 0 Å². The molecule has 0 aliphatic rings. The number of ether oxygens (including phenoxy) is 1. The van der Waals surface area contributed by atoms with Crippen LogP contribution in [0.4, 0.5) is 4.79 Å². The van der Waals surface area contributed by atoms with Gasteiger partial charge in [-0.3, -0.25) is 0 Å². The van der Waals surface area contributed by atoms with Crippen molar-refractivity contribution in [3.8, 4) is 0 Å². The average Bonchev–Trinajstić information content (AvgIpc) is 2.20. The van der Waals surface area contributed by atoms with Crippen molar-refractivity contribution < 1.29 is 19.4 Å². The Balaban J connectivity index is 3.98. The molecule has 0 spiro atoms. The van der Waals surface area contributed by atoms with Crippen LogP contribution >= 0.6 is 0 Å². The third-order valence-electron chi connectivity index (χ3n) is 1.62. The number of hydrogen-bond donors (Lipinski definition) is 3. The van der Waals surface area contributed by atoms with E-state index in [-0.39, 0.29) is 13.0 Å². The fourth-order valence-corrected chi connectivity index (χ4v) is 0.898. The highest BCUT2D eigenvalue weighted by Crippen LogP contribution is 1.97. The van der Waals surface area contributed by atoms with Crippen LogP contribution in [-0.4, -0.2) is 36.4 Å². The second kappa shape index (κ2) is 7.81. The van der Waals surface area contributed by atoms with Gasteiger partial charge in [0.25, 0.3) is 0 Å². The number of hydrogen-bond acceptors (Lipinski definition) is 4. The summed E-state index contributed by atoms with van der Waals surface area (Å²) in [6.07, 6.45) is 1.45. The Labute approximate surface area is 88.1 Å². The average molecular weight is 216 g/mol. The van der Waals surface area contributed by atoms with Crippen molar-refractivity contribution in [2.45, 2.75) is 18.9 Å². The van der Waals surface area contributed by atoms with Crippen LogP contribution in [0.1, 0.15) is 12.8 Å². The quantitative estimate of drug-likeness (QED) is 0.523. The molecule has 0 aliphatic carbocycles. The Kier molecular flexibility index (Phi) is 7.00. The molecule has 0 saturated heterocycles. The molecule has 6 nitrogen and oxygen atoms in total. The lowest BCUT2D eigenvalue weighted by atomic mass is 10.1. The molecule has 15 heavy (non-hydrogen) atoms. The van der Waals surface area contributed by atoms with Crippen molar-refractivity contribution >= 4 is 12.1 Å². The van der Waals surface area contributed by atoms with Crippen LogP contribution in [0.2, 0.25) is 0 Å². The topological polar surface area (TPSA) is 102 Å². The van der Waals surface area contributed by atoms with E-state index in [4.69, 9.17) is 10.8 Å². The Hall–Kier alpha value is -1.56. The lowest BCUT2D eigenvalue weighted by molar-refractivity contribution is -0.139.